The number of anilines is 1. The van der Waals surface area contributed by atoms with Gasteiger partial charge >= 0.3 is 0 Å². The van der Waals surface area contributed by atoms with Gasteiger partial charge in [-0.3, -0.25) is 0 Å². The number of rotatable bonds is 2. The molecule has 0 bridgehead atoms. The first-order valence-electron chi connectivity index (χ1n) is 5.84. The summed E-state index contributed by atoms with van der Waals surface area (Å²) in [4.78, 5) is 0. The highest BCUT2D eigenvalue weighted by atomic mass is 16.5. The summed E-state index contributed by atoms with van der Waals surface area (Å²) in [5, 5.41) is 10.2. The number of nitrogen functional groups attached to an aromatic ring is 1. The SMILES string of the molecule is Cc1ccc(N)c(C(O)C2CCCCO2)c1. The summed E-state index contributed by atoms with van der Waals surface area (Å²) in [5.41, 5.74) is 8.44. The lowest BCUT2D eigenvalue weighted by atomic mass is 9.96. The maximum absolute atomic E-state index is 10.2. The molecule has 1 aliphatic rings. The zero-order valence-electron chi connectivity index (χ0n) is 9.65. The molecular formula is C13H19NO2. The highest BCUT2D eigenvalue weighted by molar-refractivity contribution is 5.49. The Morgan fingerprint density at radius 2 is 2.25 bits per heavy atom. The Morgan fingerprint density at radius 1 is 1.44 bits per heavy atom. The van der Waals surface area contributed by atoms with Crippen LogP contribution in [0.3, 0.4) is 0 Å². The van der Waals surface area contributed by atoms with Crippen molar-refractivity contribution in [1.82, 2.24) is 0 Å². The minimum absolute atomic E-state index is 0.0992. The second-order valence-corrected chi connectivity index (χ2v) is 4.48. The molecule has 0 spiro atoms. The number of nitrogens with two attached hydrogens (primary N) is 1. The van der Waals surface area contributed by atoms with Crippen molar-refractivity contribution in [3.8, 4) is 0 Å². The number of aliphatic hydroxyl groups is 1. The van der Waals surface area contributed by atoms with E-state index in [0.717, 1.165) is 37.0 Å². The Hall–Kier alpha value is -1.06. The van der Waals surface area contributed by atoms with Crippen molar-refractivity contribution in [2.45, 2.75) is 38.4 Å². The maximum Gasteiger partial charge on any atom is 0.107 e. The van der Waals surface area contributed by atoms with Crippen molar-refractivity contribution in [2.75, 3.05) is 12.3 Å². The third kappa shape index (κ3) is 2.36. The van der Waals surface area contributed by atoms with Crippen LogP contribution in [0.5, 0.6) is 0 Å². The van der Waals surface area contributed by atoms with E-state index in [1.165, 1.54) is 0 Å². The smallest absolute Gasteiger partial charge is 0.107 e. The summed E-state index contributed by atoms with van der Waals surface area (Å²) in [7, 11) is 0. The Kier molecular flexibility index (Phi) is 3.46. The fraction of sp³-hybridized carbons (Fsp3) is 0.538. The molecular weight excluding hydrogens is 202 g/mol. The van der Waals surface area contributed by atoms with Crippen LogP contribution in [0.4, 0.5) is 5.69 Å². The molecule has 2 unspecified atom stereocenters. The Labute approximate surface area is 96.2 Å². The molecule has 1 saturated heterocycles. The lowest BCUT2D eigenvalue weighted by Gasteiger charge is -2.28. The molecule has 0 radical (unpaired) electrons. The minimum Gasteiger partial charge on any atom is -0.398 e. The van der Waals surface area contributed by atoms with Crippen molar-refractivity contribution in [2.24, 2.45) is 0 Å². The van der Waals surface area contributed by atoms with Crippen LogP contribution in [-0.4, -0.2) is 17.8 Å². The molecule has 1 fully saturated rings. The van der Waals surface area contributed by atoms with E-state index in [4.69, 9.17) is 10.5 Å². The predicted octanol–water partition coefficient (Wildman–Crippen LogP) is 2.18. The standard InChI is InChI=1S/C13H19NO2/c1-9-5-6-11(14)10(8-9)13(15)12-4-2-3-7-16-12/h5-6,8,12-13,15H,2-4,7,14H2,1H3. The summed E-state index contributed by atoms with van der Waals surface area (Å²) in [6.45, 7) is 2.74. The van der Waals surface area contributed by atoms with Gasteiger partial charge in [-0.25, -0.2) is 0 Å². The molecule has 0 aliphatic carbocycles. The lowest BCUT2D eigenvalue weighted by molar-refractivity contribution is -0.0630. The molecule has 16 heavy (non-hydrogen) atoms. The Morgan fingerprint density at radius 3 is 2.94 bits per heavy atom. The lowest BCUT2D eigenvalue weighted by Crippen LogP contribution is -2.26. The molecule has 0 amide bonds. The number of benzene rings is 1. The van der Waals surface area contributed by atoms with E-state index in [-0.39, 0.29) is 6.10 Å². The highest BCUT2D eigenvalue weighted by Gasteiger charge is 2.25. The number of aliphatic hydroxyl groups excluding tert-OH is 1. The van der Waals surface area contributed by atoms with Gasteiger partial charge in [-0.1, -0.05) is 17.7 Å². The van der Waals surface area contributed by atoms with Crippen LogP contribution >= 0.6 is 0 Å². The van der Waals surface area contributed by atoms with Gasteiger partial charge < -0.3 is 15.6 Å². The van der Waals surface area contributed by atoms with E-state index in [2.05, 4.69) is 0 Å². The van der Waals surface area contributed by atoms with Crippen LogP contribution in [-0.2, 0) is 4.74 Å². The van der Waals surface area contributed by atoms with Gasteiger partial charge in [0.2, 0.25) is 0 Å². The van der Waals surface area contributed by atoms with Crippen molar-refractivity contribution in [3.63, 3.8) is 0 Å². The largest absolute Gasteiger partial charge is 0.398 e. The third-order valence-corrected chi connectivity index (χ3v) is 3.13. The van der Waals surface area contributed by atoms with E-state index in [9.17, 15) is 5.11 Å². The highest BCUT2D eigenvalue weighted by Crippen LogP contribution is 2.30. The molecule has 1 aliphatic heterocycles. The van der Waals surface area contributed by atoms with Gasteiger partial charge in [0.15, 0.2) is 0 Å². The van der Waals surface area contributed by atoms with E-state index >= 15 is 0 Å². The minimum atomic E-state index is -0.597. The van der Waals surface area contributed by atoms with Gasteiger partial charge in [-0.15, -0.1) is 0 Å². The van der Waals surface area contributed by atoms with Crippen LogP contribution in [0.1, 0.15) is 36.5 Å². The first-order valence-corrected chi connectivity index (χ1v) is 5.84. The predicted molar refractivity (Wildman–Crippen MR) is 64.1 cm³/mol. The molecule has 1 aromatic rings. The zero-order chi connectivity index (χ0) is 11.5. The van der Waals surface area contributed by atoms with E-state index < -0.39 is 6.10 Å². The average molecular weight is 221 g/mol. The van der Waals surface area contributed by atoms with E-state index in [0.29, 0.717) is 5.69 Å². The van der Waals surface area contributed by atoms with Crippen LogP contribution in [0, 0.1) is 6.92 Å². The summed E-state index contributed by atoms with van der Waals surface area (Å²) in [6, 6.07) is 5.74. The van der Waals surface area contributed by atoms with E-state index in [1.807, 2.05) is 25.1 Å². The van der Waals surface area contributed by atoms with Crippen molar-refractivity contribution >= 4 is 5.69 Å². The number of ether oxygens (including phenoxy) is 1. The molecule has 0 aromatic heterocycles. The van der Waals surface area contributed by atoms with Crippen molar-refractivity contribution < 1.29 is 9.84 Å². The van der Waals surface area contributed by atoms with Crippen molar-refractivity contribution in [3.05, 3.63) is 29.3 Å². The fourth-order valence-corrected chi connectivity index (χ4v) is 2.17. The van der Waals surface area contributed by atoms with Crippen LogP contribution in [0.15, 0.2) is 18.2 Å². The van der Waals surface area contributed by atoms with E-state index in [1.54, 1.807) is 0 Å². The molecule has 2 rings (SSSR count). The van der Waals surface area contributed by atoms with Crippen LogP contribution in [0.25, 0.3) is 0 Å². The second-order valence-electron chi connectivity index (χ2n) is 4.48. The quantitative estimate of drug-likeness (QED) is 0.753. The molecule has 3 N–H and O–H groups in total. The topological polar surface area (TPSA) is 55.5 Å². The number of hydrogen-bond donors (Lipinski definition) is 2. The third-order valence-electron chi connectivity index (χ3n) is 3.13. The molecule has 88 valence electrons. The Bertz CT molecular complexity index is 359. The molecule has 2 atom stereocenters. The second kappa shape index (κ2) is 4.85. The Balaban J connectivity index is 2.18. The molecule has 1 aromatic carbocycles. The number of hydrogen-bond acceptors (Lipinski definition) is 3. The van der Waals surface area contributed by atoms with Gasteiger partial charge in [-0.2, -0.15) is 0 Å². The van der Waals surface area contributed by atoms with Gasteiger partial charge in [0, 0.05) is 17.9 Å². The zero-order valence-corrected chi connectivity index (χ0v) is 9.65. The maximum atomic E-state index is 10.2. The fourth-order valence-electron chi connectivity index (χ4n) is 2.17. The summed E-state index contributed by atoms with van der Waals surface area (Å²) in [6.07, 6.45) is 2.42. The molecule has 3 nitrogen and oxygen atoms in total. The number of aryl methyl sites for hydroxylation is 1. The van der Waals surface area contributed by atoms with Gasteiger partial charge in [0.25, 0.3) is 0 Å². The average Bonchev–Trinajstić information content (AvgIpc) is 2.32. The van der Waals surface area contributed by atoms with Gasteiger partial charge in [0.05, 0.1) is 6.10 Å². The van der Waals surface area contributed by atoms with Crippen LogP contribution < -0.4 is 5.73 Å². The molecule has 3 heteroatoms. The van der Waals surface area contributed by atoms with Gasteiger partial charge in [0.1, 0.15) is 6.10 Å². The van der Waals surface area contributed by atoms with Gasteiger partial charge in [-0.05, 0) is 32.3 Å². The first kappa shape index (κ1) is 11.4. The first-order chi connectivity index (χ1) is 7.68. The summed E-state index contributed by atoms with van der Waals surface area (Å²) >= 11 is 0. The normalized spacial score (nSPS) is 23.0. The summed E-state index contributed by atoms with van der Waals surface area (Å²) < 4.78 is 5.58. The monoisotopic (exact) mass is 221 g/mol. The summed E-state index contributed by atoms with van der Waals surface area (Å²) in [5.74, 6) is 0. The van der Waals surface area contributed by atoms with Crippen molar-refractivity contribution in [1.29, 1.82) is 0 Å². The molecule has 1 heterocycles. The van der Waals surface area contributed by atoms with Crippen LogP contribution in [0.2, 0.25) is 0 Å². The molecule has 0 saturated carbocycles.